The highest BCUT2D eigenvalue weighted by Crippen LogP contribution is 2.29. The van der Waals surface area contributed by atoms with Crippen molar-refractivity contribution in [1.82, 2.24) is 9.80 Å². The fourth-order valence-corrected chi connectivity index (χ4v) is 5.86. The molecular weight excluding hydrogens is 486 g/mol. The minimum absolute atomic E-state index is 0.126. The van der Waals surface area contributed by atoms with E-state index in [1.807, 2.05) is 11.8 Å². The average Bonchev–Trinajstić information content (AvgIpc) is 3.35. The number of amides is 1. The van der Waals surface area contributed by atoms with Crippen molar-refractivity contribution in [2.45, 2.75) is 57.9 Å². The lowest BCUT2D eigenvalue weighted by atomic mass is 9.89. The van der Waals surface area contributed by atoms with Crippen LogP contribution in [0.2, 0.25) is 0 Å². The molecule has 4 rings (SSSR count). The number of rotatable bonds is 10. The van der Waals surface area contributed by atoms with E-state index in [9.17, 15) is 13.6 Å². The number of ether oxygens (including phenoxy) is 2. The molecule has 2 aromatic carbocycles. The van der Waals surface area contributed by atoms with E-state index in [0.717, 1.165) is 43.5 Å². The van der Waals surface area contributed by atoms with Crippen LogP contribution in [-0.4, -0.2) is 62.1 Å². The van der Waals surface area contributed by atoms with Gasteiger partial charge in [-0.15, -0.1) is 0 Å². The molecule has 1 saturated carbocycles. The first-order valence-electron chi connectivity index (χ1n) is 13.7. The Hall–Kier alpha value is -2.93. The zero-order valence-corrected chi connectivity index (χ0v) is 22.8. The summed E-state index contributed by atoms with van der Waals surface area (Å²) in [6, 6.07) is 9.03. The van der Waals surface area contributed by atoms with E-state index in [4.69, 9.17) is 9.47 Å². The fraction of sp³-hybridized carbons (Fsp3) is 0.516. The Bertz CT molecular complexity index is 1110. The van der Waals surface area contributed by atoms with Crippen LogP contribution in [0.4, 0.5) is 8.78 Å². The number of likely N-dealkylation sites (tertiary alicyclic amines) is 1. The summed E-state index contributed by atoms with van der Waals surface area (Å²) in [5.41, 5.74) is 1.61. The van der Waals surface area contributed by atoms with Gasteiger partial charge in [-0.3, -0.25) is 9.69 Å². The van der Waals surface area contributed by atoms with Crippen molar-refractivity contribution in [2.24, 2.45) is 5.92 Å². The third kappa shape index (κ3) is 7.34. The summed E-state index contributed by atoms with van der Waals surface area (Å²) < 4.78 is 38.6. The Morgan fingerprint density at radius 1 is 1.00 bits per heavy atom. The van der Waals surface area contributed by atoms with Crippen LogP contribution >= 0.6 is 0 Å². The molecule has 5 nitrogen and oxygen atoms in total. The second kappa shape index (κ2) is 13.2. The lowest BCUT2D eigenvalue weighted by Gasteiger charge is -2.34. The molecule has 0 unspecified atom stereocenters. The van der Waals surface area contributed by atoms with Crippen LogP contribution in [0.3, 0.4) is 0 Å². The smallest absolute Gasteiger partial charge is 0.254 e. The molecule has 0 spiro atoms. The van der Waals surface area contributed by atoms with Gasteiger partial charge in [-0.1, -0.05) is 30.9 Å². The number of carbonyl (C=O) groups is 1. The number of carbonyl (C=O) groups excluding carboxylic acids is 1. The van der Waals surface area contributed by atoms with Crippen molar-refractivity contribution in [2.75, 3.05) is 40.4 Å². The Morgan fingerprint density at radius 2 is 1.71 bits per heavy atom. The predicted molar refractivity (Wildman–Crippen MR) is 147 cm³/mol. The molecule has 1 saturated heterocycles. The normalized spacial score (nSPS) is 19.0. The van der Waals surface area contributed by atoms with Gasteiger partial charge in [-0.05, 0) is 69.3 Å². The summed E-state index contributed by atoms with van der Waals surface area (Å²) in [7, 11) is 3.12. The lowest BCUT2D eigenvalue weighted by molar-refractivity contribution is 0.0709. The zero-order chi connectivity index (χ0) is 27.1. The second-order valence-electron chi connectivity index (χ2n) is 10.7. The molecule has 2 aromatic rings. The Kier molecular flexibility index (Phi) is 9.78. The van der Waals surface area contributed by atoms with Crippen LogP contribution in [-0.2, 0) is 0 Å². The van der Waals surface area contributed by atoms with Gasteiger partial charge in [-0.25, -0.2) is 8.78 Å². The summed E-state index contributed by atoms with van der Waals surface area (Å²) in [5, 5.41) is 0. The molecule has 206 valence electrons. The minimum Gasteiger partial charge on any atom is -0.497 e. The topological polar surface area (TPSA) is 42.0 Å². The Labute approximate surface area is 225 Å². The summed E-state index contributed by atoms with van der Waals surface area (Å²) >= 11 is 0. The van der Waals surface area contributed by atoms with Crippen molar-refractivity contribution in [3.05, 3.63) is 64.7 Å². The molecule has 1 amide bonds. The van der Waals surface area contributed by atoms with Gasteiger partial charge >= 0.3 is 0 Å². The molecule has 0 radical (unpaired) electrons. The van der Waals surface area contributed by atoms with Crippen LogP contribution in [0, 0.1) is 17.6 Å². The van der Waals surface area contributed by atoms with Crippen molar-refractivity contribution in [3.8, 4) is 11.5 Å². The second-order valence-corrected chi connectivity index (χ2v) is 10.7. The summed E-state index contributed by atoms with van der Waals surface area (Å²) in [6.45, 7) is 4.95. The molecule has 38 heavy (non-hydrogen) atoms. The van der Waals surface area contributed by atoms with Gasteiger partial charge in [-0.2, -0.15) is 0 Å². The first kappa shape index (κ1) is 28.1. The van der Waals surface area contributed by atoms with E-state index in [1.165, 1.54) is 44.2 Å². The first-order valence-corrected chi connectivity index (χ1v) is 13.7. The number of benzene rings is 2. The van der Waals surface area contributed by atoms with Gasteiger partial charge in [0.15, 0.2) is 0 Å². The van der Waals surface area contributed by atoms with Gasteiger partial charge in [0.2, 0.25) is 0 Å². The van der Waals surface area contributed by atoms with E-state index >= 15 is 0 Å². The number of nitrogens with zero attached hydrogens (tertiary/aromatic N) is 2. The Balaban J connectivity index is 1.58. The highest BCUT2D eigenvalue weighted by molar-refractivity contribution is 5.95. The summed E-state index contributed by atoms with van der Waals surface area (Å²) in [6.07, 6.45) is 10.4. The standard InChI is InChI=1S/C31H40F2N2O3/c1-22(14-24-11-12-26(32)17-30(24)33)19-35(31(36)25-15-28(37-2)18-29(16-25)38-3)21-27-10-7-13-34(27)20-23-8-5-4-6-9-23/h11-12,14-18,23,27H,4-10,13,19-21H2,1-3H3/t27-/m1/s1. The highest BCUT2D eigenvalue weighted by Gasteiger charge is 2.31. The Morgan fingerprint density at radius 3 is 2.37 bits per heavy atom. The number of hydrogen-bond donors (Lipinski definition) is 0. The molecule has 2 fully saturated rings. The van der Waals surface area contributed by atoms with Gasteiger partial charge < -0.3 is 14.4 Å². The van der Waals surface area contributed by atoms with Crippen molar-refractivity contribution in [1.29, 1.82) is 0 Å². The van der Waals surface area contributed by atoms with E-state index in [1.54, 1.807) is 38.5 Å². The van der Waals surface area contributed by atoms with Crippen LogP contribution in [0.5, 0.6) is 11.5 Å². The van der Waals surface area contributed by atoms with E-state index in [2.05, 4.69) is 4.90 Å². The maximum atomic E-state index is 14.3. The van der Waals surface area contributed by atoms with E-state index < -0.39 is 11.6 Å². The lowest BCUT2D eigenvalue weighted by Crippen LogP contribution is -2.45. The molecule has 7 heteroatoms. The molecule has 1 heterocycles. The van der Waals surface area contributed by atoms with Crippen LogP contribution < -0.4 is 9.47 Å². The third-order valence-corrected chi connectivity index (χ3v) is 7.84. The molecule has 0 aromatic heterocycles. The SMILES string of the molecule is COc1cc(OC)cc(C(=O)N(CC(C)=Cc2ccc(F)cc2F)C[C@H]2CCCN2CC2CCCCC2)c1. The fourth-order valence-electron chi connectivity index (χ4n) is 5.86. The van der Waals surface area contributed by atoms with E-state index in [-0.39, 0.29) is 11.9 Å². The molecule has 2 aliphatic rings. The molecule has 1 atom stereocenters. The molecule has 1 aliphatic carbocycles. The summed E-state index contributed by atoms with van der Waals surface area (Å²) in [4.78, 5) is 18.3. The zero-order valence-electron chi connectivity index (χ0n) is 22.8. The quantitative estimate of drug-likeness (QED) is 0.351. The van der Waals surface area contributed by atoms with Crippen LogP contribution in [0.1, 0.15) is 67.8 Å². The molecule has 1 aliphatic heterocycles. The number of halogens is 2. The third-order valence-electron chi connectivity index (χ3n) is 7.84. The molecule has 0 bridgehead atoms. The van der Waals surface area contributed by atoms with Crippen molar-refractivity contribution < 1.29 is 23.0 Å². The van der Waals surface area contributed by atoms with Gasteiger partial charge in [0.25, 0.3) is 5.91 Å². The van der Waals surface area contributed by atoms with E-state index in [0.29, 0.717) is 35.7 Å². The van der Waals surface area contributed by atoms with Crippen molar-refractivity contribution in [3.63, 3.8) is 0 Å². The highest BCUT2D eigenvalue weighted by atomic mass is 19.1. The largest absolute Gasteiger partial charge is 0.497 e. The number of methoxy groups -OCH3 is 2. The van der Waals surface area contributed by atoms with Crippen LogP contribution in [0.25, 0.3) is 6.08 Å². The maximum absolute atomic E-state index is 14.3. The van der Waals surface area contributed by atoms with Gasteiger partial charge in [0, 0.05) is 48.9 Å². The minimum atomic E-state index is -0.616. The van der Waals surface area contributed by atoms with Gasteiger partial charge in [0.1, 0.15) is 23.1 Å². The van der Waals surface area contributed by atoms with Crippen molar-refractivity contribution >= 4 is 12.0 Å². The number of hydrogen-bond acceptors (Lipinski definition) is 4. The summed E-state index contributed by atoms with van der Waals surface area (Å²) in [5.74, 6) is 0.481. The maximum Gasteiger partial charge on any atom is 0.254 e. The molecular formula is C31H40F2N2O3. The first-order chi connectivity index (χ1) is 18.4. The van der Waals surface area contributed by atoms with Crippen LogP contribution in [0.15, 0.2) is 42.0 Å². The molecule has 0 N–H and O–H groups in total. The van der Waals surface area contributed by atoms with Gasteiger partial charge in [0.05, 0.1) is 14.2 Å². The predicted octanol–water partition coefficient (Wildman–Crippen LogP) is 6.57. The monoisotopic (exact) mass is 526 g/mol. The average molecular weight is 527 g/mol.